The van der Waals surface area contributed by atoms with Crippen LogP contribution in [-0.4, -0.2) is 29.5 Å². The lowest BCUT2D eigenvalue weighted by molar-refractivity contribution is 0.483. The van der Waals surface area contributed by atoms with Crippen molar-refractivity contribution in [3.8, 4) is 17.6 Å². The van der Waals surface area contributed by atoms with Crippen LogP contribution in [-0.2, 0) is 6.42 Å². The van der Waals surface area contributed by atoms with Gasteiger partial charge in [0.15, 0.2) is 16.5 Å². The van der Waals surface area contributed by atoms with Crippen molar-refractivity contribution in [3.05, 3.63) is 76.3 Å². The Labute approximate surface area is 179 Å². The first kappa shape index (κ1) is 18.4. The maximum absolute atomic E-state index is 9.15. The van der Waals surface area contributed by atoms with Gasteiger partial charge in [0.1, 0.15) is 23.4 Å². The van der Waals surface area contributed by atoms with Crippen molar-refractivity contribution in [1.82, 2.24) is 29.5 Å². The molecular formula is C20H11Cl2N7O. The summed E-state index contributed by atoms with van der Waals surface area (Å²) in [7, 11) is 0. The van der Waals surface area contributed by atoms with Crippen molar-refractivity contribution in [3.63, 3.8) is 0 Å². The summed E-state index contributed by atoms with van der Waals surface area (Å²) in [5.74, 6) is 1.42. The van der Waals surface area contributed by atoms with Crippen LogP contribution in [0.1, 0.15) is 17.1 Å². The van der Waals surface area contributed by atoms with Gasteiger partial charge in [-0.1, -0.05) is 23.2 Å². The van der Waals surface area contributed by atoms with Crippen LogP contribution in [0.25, 0.3) is 16.6 Å². The van der Waals surface area contributed by atoms with Crippen LogP contribution in [0.15, 0.2) is 49.1 Å². The van der Waals surface area contributed by atoms with E-state index >= 15 is 0 Å². The quantitative estimate of drug-likeness (QED) is 0.414. The third-order valence-electron chi connectivity index (χ3n) is 4.54. The number of hydrogen-bond acceptors (Lipinski definition) is 6. The number of rotatable bonds is 4. The molecule has 0 amide bonds. The van der Waals surface area contributed by atoms with Gasteiger partial charge in [-0.3, -0.25) is 9.50 Å². The van der Waals surface area contributed by atoms with Gasteiger partial charge in [0, 0.05) is 23.0 Å². The highest BCUT2D eigenvalue weighted by atomic mass is 35.5. The zero-order valence-corrected chi connectivity index (χ0v) is 16.7. The van der Waals surface area contributed by atoms with Crippen molar-refractivity contribution in [1.29, 1.82) is 5.26 Å². The number of nitrogens with zero attached hydrogens (tertiary/aromatic N) is 6. The molecule has 0 unspecified atom stereocenters. The largest absolute Gasteiger partial charge is 0.452 e. The first-order valence-electron chi connectivity index (χ1n) is 8.79. The van der Waals surface area contributed by atoms with Crippen molar-refractivity contribution in [2.24, 2.45) is 0 Å². The third-order valence-corrected chi connectivity index (χ3v) is 5.03. The van der Waals surface area contributed by atoms with Crippen LogP contribution in [0.3, 0.4) is 0 Å². The second kappa shape index (κ2) is 7.30. The first-order chi connectivity index (χ1) is 14.6. The van der Waals surface area contributed by atoms with E-state index in [0.29, 0.717) is 39.7 Å². The van der Waals surface area contributed by atoms with Gasteiger partial charge >= 0.3 is 0 Å². The number of aromatic nitrogens is 6. The summed E-state index contributed by atoms with van der Waals surface area (Å²) in [6.07, 6.45) is 5.42. The van der Waals surface area contributed by atoms with Gasteiger partial charge in [-0.2, -0.15) is 10.4 Å². The molecule has 1 aromatic carbocycles. The molecular weight excluding hydrogens is 425 g/mol. The standard InChI is InChI=1S/C20H11Cl2N7O/c21-12-4-11(8-23)5-13(6-12)30-18-16-9-25-17(29(16)10-26-19(18)22)7-15-14-2-1-3-24-20(14)28-27-15/h1-6,9-10H,7H2,(H,24,27,28). The van der Waals surface area contributed by atoms with E-state index in [1.807, 2.05) is 18.2 Å². The van der Waals surface area contributed by atoms with Crippen LogP contribution in [0.4, 0.5) is 0 Å². The topological polar surface area (TPSA) is 105 Å². The van der Waals surface area contributed by atoms with Crippen LogP contribution in [0.5, 0.6) is 11.5 Å². The minimum Gasteiger partial charge on any atom is -0.452 e. The Hall–Kier alpha value is -3.67. The molecule has 0 aliphatic heterocycles. The molecule has 0 radical (unpaired) electrons. The monoisotopic (exact) mass is 435 g/mol. The smallest absolute Gasteiger partial charge is 0.190 e. The summed E-state index contributed by atoms with van der Waals surface area (Å²) >= 11 is 12.4. The number of imidazole rings is 1. The average Bonchev–Trinajstić information content (AvgIpc) is 3.34. The van der Waals surface area contributed by atoms with Gasteiger partial charge in [-0.25, -0.2) is 15.0 Å². The molecule has 8 nitrogen and oxygen atoms in total. The van der Waals surface area contributed by atoms with Gasteiger partial charge in [0.2, 0.25) is 0 Å². The van der Waals surface area contributed by atoms with E-state index in [-0.39, 0.29) is 5.15 Å². The number of aromatic amines is 1. The summed E-state index contributed by atoms with van der Waals surface area (Å²) in [6.45, 7) is 0. The summed E-state index contributed by atoms with van der Waals surface area (Å²) in [6, 6.07) is 10.6. The molecule has 0 aliphatic rings. The predicted octanol–water partition coefficient (Wildman–Crippen LogP) is 4.56. The zero-order valence-electron chi connectivity index (χ0n) is 15.2. The fraction of sp³-hybridized carbons (Fsp3) is 0.0500. The summed E-state index contributed by atoms with van der Waals surface area (Å²) in [4.78, 5) is 13.0. The van der Waals surface area contributed by atoms with Crippen LogP contribution < -0.4 is 4.74 Å². The van der Waals surface area contributed by atoms with Gasteiger partial charge < -0.3 is 4.74 Å². The number of H-pyrrole nitrogens is 1. The molecule has 10 heteroatoms. The molecule has 0 atom stereocenters. The second-order valence-electron chi connectivity index (χ2n) is 6.44. The van der Waals surface area contributed by atoms with Crippen LogP contribution in [0, 0.1) is 11.3 Å². The Kier molecular flexibility index (Phi) is 4.47. The van der Waals surface area contributed by atoms with Gasteiger partial charge in [-0.15, -0.1) is 0 Å². The number of nitriles is 1. The van der Waals surface area contributed by atoms with Crippen molar-refractivity contribution in [2.45, 2.75) is 6.42 Å². The van der Waals surface area contributed by atoms with E-state index < -0.39 is 0 Å². The number of halogens is 2. The van der Waals surface area contributed by atoms with E-state index in [1.165, 1.54) is 0 Å². The minimum absolute atomic E-state index is 0.170. The van der Waals surface area contributed by atoms with E-state index in [4.69, 9.17) is 33.2 Å². The Bertz CT molecular complexity index is 1450. The number of pyridine rings is 1. The van der Waals surface area contributed by atoms with E-state index in [2.05, 4.69) is 25.1 Å². The highest BCUT2D eigenvalue weighted by molar-refractivity contribution is 6.31. The summed E-state index contributed by atoms with van der Waals surface area (Å²) < 4.78 is 7.74. The van der Waals surface area contributed by atoms with E-state index in [1.54, 1.807) is 41.3 Å². The van der Waals surface area contributed by atoms with E-state index in [0.717, 1.165) is 16.9 Å². The lowest BCUT2D eigenvalue weighted by atomic mass is 10.2. The molecule has 0 fully saturated rings. The maximum Gasteiger partial charge on any atom is 0.190 e. The minimum atomic E-state index is 0.170. The highest BCUT2D eigenvalue weighted by Crippen LogP contribution is 2.34. The SMILES string of the molecule is N#Cc1cc(Cl)cc(Oc2c(Cl)ncn3c(Cc4[nH]nc5ncccc45)ncc23)c1. The molecule has 4 aromatic heterocycles. The molecule has 1 N–H and O–H groups in total. The number of hydrogen-bond donors (Lipinski definition) is 1. The average molecular weight is 436 g/mol. The fourth-order valence-electron chi connectivity index (χ4n) is 3.19. The van der Waals surface area contributed by atoms with Gasteiger partial charge in [0.05, 0.1) is 23.5 Å². The van der Waals surface area contributed by atoms with E-state index in [9.17, 15) is 0 Å². The van der Waals surface area contributed by atoms with Crippen LogP contribution >= 0.6 is 23.2 Å². The molecule has 0 aliphatic carbocycles. The lowest BCUT2D eigenvalue weighted by Gasteiger charge is -2.10. The molecule has 146 valence electrons. The number of benzene rings is 1. The Morgan fingerprint density at radius 3 is 2.93 bits per heavy atom. The molecule has 0 saturated carbocycles. The molecule has 0 saturated heterocycles. The lowest BCUT2D eigenvalue weighted by Crippen LogP contribution is -2.00. The summed E-state index contributed by atoms with van der Waals surface area (Å²) in [5.41, 5.74) is 2.54. The first-order valence-corrected chi connectivity index (χ1v) is 9.55. The number of nitrogens with one attached hydrogen (secondary N) is 1. The fourth-order valence-corrected chi connectivity index (χ4v) is 3.60. The number of ether oxygens (including phenoxy) is 1. The maximum atomic E-state index is 9.15. The zero-order chi connectivity index (χ0) is 20.7. The third kappa shape index (κ3) is 3.20. The molecule has 5 aromatic rings. The predicted molar refractivity (Wildman–Crippen MR) is 111 cm³/mol. The Balaban J connectivity index is 1.55. The van der Waals surface area contributed by atoms with Gasteiger partial charge in [0.25, 0.3) is 0 Å². The molecule has 5 rings (SSSR count). The second-order valence-corrected chi connectivity index (χ2v) is 7.23. The van der Waals surface area contributed by atoms with Crippen molar-refractivity contribution < 1.29 is 4.74 Å². The molecule has 0 bridgehead atoms. The highest BCUT2D eigenvalue weighted by Gasteiger charge is 2.17. The Morgan fingerprint density at radius 2 is 2.07 bits per heavy atom. The van der Waals surface area contributed by atoms with Crippen molar-refractivity contribution >= 4 is 39.8 Å². The Morgan fingerprint density at radius 1 is 1.17 bits per heavy atom. The summed E-state index contributed by atoms with van der Waals surface area (Å²) in [5, 5.41) is 17.9. The molecule has 4 heterocycles. The normalized spacial score (nSPS) is 11.1. The van der Waals surface area contributed by atoms with Crippen LogP contribution in [0.2, 0.25) is 10.2 Å². The molecule has 30 heavy (non-hydrogen) atoms. The van der Waals surface area contributed by atoms with Crippen molar-refractivity contribution in [2.75, 3.05) is 0 Å². The number of fused-ring (bicyclic) bond motifs is 2. The molecule has 0 spiro atoms. The van der Waals surface area contributed by atoms with Gasteiger partial charge in [-0.05, 0) is 30.3 Å².